The molecule has 30 heavy (non-hydrogen) atoms. The quantitative estimate of drug-likeness (QED) is 0.252. The number of pyridine rings is 1. The summed E-state index contributed by atoms with van der Waals surface area (Å²) in [4.78, 5) is 21.8. The Morgan fingerprint density at radius 1 is 1.33 bits per heavy atom. The number of nitro groups is 1. The number of nitro benzene ring substituents is 1. The molecule has 0 saturated heterocycles. The first-order chi connectivity index (χ1) is 14.1. The number of aryl methyl sites for hydroxylation is 1. The Morgan fingerprint density at radius 2 is 2.07 bits per heavy atom. The van der Waals surface area contributed by atoms with E-state index < -0.39 is 20.9 Å². The van der Waals surface area contributed by atoms with Gasteiger partial charge in [-0.2, -0.15) is 23.0 Å². The molecule has 156 valence electrons. The van der Waals surface area contributed by atoms with Crippen molar-refractivity contribution in [3.63, 3.8) is 0 Å². The molecule has 0 bridgehead atoms. The van der Waals surface area contributed by atoms with Crippen molar-refractivity contribution in [1.82, 2.24) is 14.0 Å². The highest BCUT2D eigenvalue weighted by Crippen LogP contribution is 2.24. The molecule has 11 nitrogen and oxygen atoms in total. The molecule has 0 radical (unpaired) electrons. The summed E-state index contributed by atoms with van der Waals surface area (Å²) in [6.45, 7) is 1.54. The van der Waals surface area contributed by atoms with Gasteiger partial charge >= 0.3 is 5.97 Å². The van der Waals surface area contributed by atoms with E-state index in [1.54, 1.807) is 12.3 Å². The molecule has 3 rings (SSSR count). The fourth-order valence-electron chi connectivity index (χ4n) is 2.67. The summed E-state index contributed by atoms with van der Waals surface area (Å²) < 4.78 is 32.6. The molecule has 0 aliphatic heterocycles. The van der Waals surface area contributed by atoms with Gasteiger partial charge in [0.15, 0.2) is 0 Å². The number of methoxy groups -OCH3 is 1. The van der Waals surface area contributed by atoms with E-state index in [1.165, 1.54) is 56.2 Å². The minimum absolute atomic E-state index is 0.218. The van der Waals surface area contributed by atoms with Crippen molar-refractivity contribution < 1.29 is 22.9 Å². The number of hydrogen-bond acceptors (Lipinski definition) is 8. The molecule has 0 aliphatic carbocycles. The van der Waals surface area contributed by atoms with Gasteiger partial charge < -0.3 is 4.74 Å². The van der Waals surface area contributed by atoms with Gasteiger partial charge in [-0.1, -0.05) is 6.07 Å². The van der Waals surface area contributed by atoms with Crippen LogP contribution in [0.5, 0.6) is 0 Å². The number of carbonyl (C=O) groups is 1. The van der Waals surface area contributed by atoms with Crippen LogP contribution < -0.4 is 0 Å². The third-order valence-corrected chi connectivity index (χ3v) is 6.13. The molecule has 2 heterocycles. The molecule has 0 amide bonds. The second-order valence-corrected chi connectivity index (χ2v) is 8.15. The summed E-state index contributed by atoms with van der Waals surface area (Å²) >= 11 is 0. The van der Waals surface area contributed by atoms with E-state index in [-0.39, 0.29) is 10.6 Å². The van der Waals surface area contributed by atoms with Crippen molar-refractivity contribution in [2.24, 2.45) is 5.10 Å². The van der Waals surface area contributed by atoms with Crippen LogP contribution >= 0.6 is 0 Å². The van der Waals surface area contributed by atoms with Gasteiger partial charge in [0, 0.05) is 30.9 Å². The number of non-ortho nitro benzene ring substituents is 1. The van der Waals surface area contributed by atoms with E-state index >= 15 is 0 Å². The number of hydrazone groups is 1. The number of rotatable bonds is 6. The lowest BCUT2D eigenvalue weighted by molar-refractivity contribution is -0.385. The fraction of sp³-hybridized carbons (Fsp3) is 0.167. The average molecular weight is 431 g/mol. The normalized spacial score (nSPS) is 11.7. The Balaban J connectivity index is 1.95. The zero-order chi connectivity index (χ0) is 22.1. The maximum absolute atomic E-state index is 12.8. The van der Waals surface area contributed by atoms with Gasteiger partial charge in [0.05, 0.1) is 40.4 Å². The molecule has 1 aromatic carbocycles. The molecule has 0 aliphatic rings. The average Bonchev–Trinajstić information content (AvgIpc) is 3.13. The highest BCUT2D eigenvalue weighted by Gasteiger charge is 2.24. The topological polar surface area (TPSA) is 136 Å². The molecule has 0 unspecified atom stereocenters. The Morgan fingerprint density at radius 3 is 2.73 bits per heavy atom. The van der Waals surface area contributed by atoms with Crippen molar-refractivity contribution in [3.05, 3.63) is 69.5 Å². The third-order valence-electron chi connectivity index (χ3n) is 4.34. The van der Waals surface area contributed by atoms with Crippen molar-refractivity contribution >= 4 is 33.4 Å². The summed E-state index contributed by atoms with van der Waals surface area (Å²) in [5, 5.41) is 19.1. The van der Waals surface area contributed by atoms with Crippen LogP contribution in [-0.2, 0) is 14.8 Å². The SMILES string of the molecule is COC(=O)c1ccn2ncc(/C=N/N(C)S(=O)(=O)c3cc([N+](=O)[O-])ccc3C)c2c1. The minimum atomic E-state index is -4.13. The summed E-state index contributed by atoms with van der Waals surface area (Å²) in [6.07, 6.45) is 4.29. The highest BCUT2D eigenvalue weighted by molar-refractivity contribution is 7.89. The van der Waals surface area contributed by atoms with Crippen molar-refractivity contribution in [3.8, 4) is 0 Å². The van der Waals surface area contributed by atoms with E-state index in [0.29, 0.717) is 26.6 Å². The predicted molar refractivity (Wildman–Crippen MR) is 107 cm³/mol. The molecular formula is C18H17N5O6S. The third kappa shape index (κ3) is 3.85. The number of carbonyl (C=O) groups excluding carboxylic acids is 1. The highest BCUT2D eigenvalue weighted by atomic mass is 32.2. The van der Waals surface area contributed by atoms with Gasteiger partial charge in [-0.15, -0.1) is 0 Å². The van der Waals surface area contributed by atoms with Crippen molar-refractivity contribution in [1.29, 1.82) is 0 Å². The molecule has 0 N–H and O–H groups in total. The summed E-state index contributed by atoms with van der Waals surface area (Å²) in [5.74, 6) is -0.526. The Hall–Kier alpha value is -3.80. The van der Waals surface area contributed by atoms with Crippen LogP contribution in [0.15, 0.2) is 52.7 Å². The monoisotopic (exact) mass is 431 g/mol. The zero-order valence-corrected chi connectivity index (χ0v) is 17.0. The molecule has 0 saturated carbocycles. The maximum atomic E-state index is 12.8. The number of aromatic nitrogens is 2. The number of hydrogen-bond donors (Lipinski definition) is 0. The predicted octanol–water partition coefficient (Wildman–Crippen LogP) is 1.99. The van der Waals surface area contributed by atoms with Gasteiger partial charge in [0.25, 0.3) is 15.7 Å². The van der Waals surface area contributed by atoms with E-state index in [9.17, 15) is 23.3 Å². The number of benzene rings is 1. The van der Waals surface area contributed by atoms with Crippen LogP contribution in [0.4, 0.5) is 5.69 Å². The Bertz CT molecular complexity index is 1280. The van der Waals surface area contributed by atoms with Crippen molar-refractivity contribution in [2.45, 2.75) is 11.8 Å². The van der Waals surface area contributed by atoms with Crippen LogP contribution in [-0.4, -0.2) is 53.7 Å². The summed E-state index contributed by atoms with van der Waals surface area (Å²) in [5.41, 5.74) is 1.28. The van der Waals surface area contributed by atoms with Crippen LogP contribution in [0.25, 0.3) is 5.52 Å². The minimum Gasteiger partial charge on any atom is -0.465 e. The van der Waals surface area contributed by atoms with E-state index in [2.05, 4.69) is 10.2 Å². The van der Waals surface area contributed by atoms with E-state index in [0.717, 1.165) is 6.07 Å². The van der Waals surface area contributed by atoms with Crippen LogP contribution in [0.2, 0.25) is 0 Å². The summed E-state index contributed by atoms with van der Waals surface area (Å²) in [6, 6.07) is 6.67. The molecule has 3 aromatic rings. The molecule has 12 heteroatoms. The Kier molecular flexibility index (Phi) is 5.52. The summed E-state index contributed by atoms with van der Waals surface area (Å²) in [7, 11) is -1.65. The van der Waals surface area contributed by atoms with Gasteiger partial charge in [-0.3, -0.25) is 10.1 Å². The number of ether oxygens (including phenoxy) is 1. The Labute approximate surface area is 171 Å². The first kappa shape index (κ1) is 20.9. The number of sulfonamides is 1. The van der Waals surface area contributed by atoms with Crippen LogP contribution in [0.1, 0.15) is 21.5 Å². The molecule has 0 fully saturated rings. The van der Waals surface area contributed by atoms with Gasteiger partial charge in [-0.25, -0.2) is 9.31 Å². The first-order valence-electron chi connectivity index (χ1n) is 8.49. The van der Waals surface area contributed by atoms with E-state index in [1.807, 2.05) is 0 Å². The molecule has 0 spiro atoms. The molecule has 0 atom stereocenters. The molecular weight excluding hydrogens is 414 g/mol. The number of nitrogens with zero attached hydrogens (tertiary/aromatic N) is 5. The fourth-order valence-corrected chi connectivity index (χ4v) is 3.87. The van der Waals surface area contributed by atoms with Gasteiger partial charge in [-0.05, 0) is 24.6 Å². The van der Waals surface area contributed by atoms with E-state index in [4.69, 9.17) is 4.74 Å². The number of fused-ring (bicyclic) bond motifs is 1. The smallest absolute Gasteiger partial charge is 0.337 e. The largest absolute Gasteiger partial charge is 0.465 e. The van der Waals surface area contributed by atoms with Gasteiger partial charge in [0.1, 0.15) is 0 Å². The lowest BCUT2D eigenvalue weighted by Crippen LogP contribution is -2.22. The zero-order valence-electron chi connectivity index (χ0n) is 16.2. The maximum Gasteiger partial charge on any atom is 0.337 e. The standard InChI is InChI=1S/C18H17N5O6S/c1-12-4-5-15(23(25)26)9-17(12)30(27,28)21(2)19-10-14-11-20-22-7-6-13(8-16(14)22)18(24)29-3/h4-11H,1-3H3/b19-10+. The lowest BCUT2D eigenvalue weighted by Gasteiger charge is -2.15. The number of esters is 1. The molecule has 2 aromatic heterocycles. The first-order valence-corrected chi connectivity index (χ1v) is 9.93. The van der Waals surface area contributed by atoms with Crippen LogP contribution in [0.3, 0.4) is 0 Å². The lowest BCUT2D eigenvalue weighted by atomic mass is 10.2. The van der Waals surface area contributed by atoms with Gasteiger partial charge in [0.2, 0.25) is 0 Å². The van der Waals surface area contributed by atoms with Crippen LogP contribution in [0, 0.1) is 17.0 Å². The second kappa shape index (κ2) is 7.91. The van der Waals surface area contributed by atoms with Crippen molar-refractivity contribution in [2.75, 3.05) is 14.2 Å². The second-order valence-electron chi connectivity index (χ2n) is 6.23.